The van der Waals surface area contributed by atoms with Gasteiger partial charge in [-0.3, -0.25) is 4.79 Å². The molecule has 0 spiro atoms. The van der Waals surface area contributed by atoms with Crippen LogP contribution in [0.3, 0.4) is 0 Å². The Morgan fingerprint density at radius 3 is 0.492 bits per heavy atom. The molecule has 3 heteroatoms. The molecule has 0 atom stereocenters. The lowest BCUT2D eigenvalue weighted by Crippen LogP contribution is -2.33. The Bertz CT molecular complexity index is 758. The number of unbranched alkanes of at least 4 members (excludes halogenated alkanes) is 52. The monoisotopic (exact) mass is 906 g/mol. The molecule has 0 rings (SSSR count). The molecule has 0 aromatic carbocycles. The van der Waals surface area contributed by atoms with E-state index in [4.69, 9.17) is 11.6 Å². The minimum absolute atomic E-state index is 0.138. The molecule has 63 heavy (non-hydrogen) atoms. The summed E-state index contributed by atoms with van der Waals surface area (Å²) in [6.45, 7) is 6.43. The fourth-order valence-corrected chi connectivity index (χ4v) is 10.2. The zero-order chi connectivity index (χ0) is 45.5. The van der Waals surface area contributed by atoms with Gasteiger partial charge in [-0.1, -0.05) is 348 Å². The SMILES string of the molecule is CCCCCCCCCCCCCCCCCCCCCCCCCCCCCN(CCCCCCCCCCCCCCCCCCCCCCCCCCCCC)C(=O)CCl. The van der Waals surface area contributed by atoms with Gasteiger partial charge in [-0.2, -0.15) is 0 Å². The number of alkyl halides is 1. The summed E-state index contributed by atoms with van der Waals surface area (Å²) in [7, 11) is 0. The van der Waals surface area contributed by atoms with Crippen molar-refractivity contribution in [3.05, 3.63) is 0 Å². The lowest BCUT2D eigenvalue weighted by Gasteiger charge is -2.22. The Morgan fingerprint density at radius 2 is 0.365 bits per heavy atom. The first-order valence-electron chi connectivity index (χ1n) is 30.1. The number of nitrogens with zero attached hydrogens (tertiary/aromatic N) is 1. The van der Waals surface area contributed by atoms with Crippen LogP contribution in [0.1, 0.15) is 361 Å². The minimum atomic E-state index is 0.138. The minimum Gasteiger partial charge on any atom is -0.342 e. The number of rotatable bonds is 57. The molecule has 0 aliphatic rings. The van der Waals surface area contributed by atoms with Crippen LogP contribution in [0, 0.1) is 0 Å². The predicted octanol–water partition coefficient (Wildman–Crippen LogP) is 22.2. The van der Waals surface area contributed by atoms with Crippen molar-refractivity contribution in [3.8, 4) is 0 Å². The Morgan fingerprint density at radius 1 is 0.238 bits per heavy atom. The van der Waals surface area contributed by atoms with Crippen LogP contribution in [0.2, 0.25) is 0 Å². The third-order valence-electron chi connectivity index (χ3n) is 14.5. The quantitative estimate of drug-likeness (QED) is 0.0440. The molecule has 0 saturated carbocycles. The lowest BCUT2D eigenvalue weighted by atomic mass is 10.0. The van der Waals surface area contributed by atoms with E-state index in [0.29, 0.717) is 0 Å². The summed E-state index contributed by atoms with van der Waals surface area (Å²) >= 11 is 5.99. The number of hydrogen-bond acceptors (Lipinski definition) is 1. The summed E-state index contributed by atoms with van der Waals surface area (Å²) in [5.41, 5.74) is 0. The van der Waals surface area contributed by atoms with Gasteiger partial charge in [0.25, 0.3) is 0 Å². The van der Waals surface area contributed by atoms with Crippen molar-refractivity contribution in [2.24, 2.45) is 0 Å². The fraction of sp³-hybridized carbons (Fsp3) is 0.983. The van der Waals surface area contributed by atoms with Crippen molar-refractivity contribution >= 4 is 17.5 Å². The third kappa shape index (κ3) is 54.3. The zero-order valence-corrected chi connectivity index (χ0v) is 44.8. The van der Waals surface area contributed by atoms with Gasteiger partial charge in [-0.25, -0.2) is 0 Å². The zero-order valence-electron chi connectivity index (χ0n) is 44.0. The smallest absolute Gasteiger partial charge is 0.237 e. The molecular weight excluding hydrogens is 786 g/mol. The number of amides is 1. The molecule has 0 radical (unpaired) electrons. The maximum Gasteiger partial charge on any atom is 0.237 e. The van der Waals surface area contributed by atoms with Crippen LogP contribution in [0.5, 0.6) is 0 Å². The molecule has 0 aromatic heterocycles. The largest absolute Gasteiger partial charge is 0.342 e. The molecule has 0 aliphatic heterocycles. The summed E-state index contributed by atoms with van der Waals surface area (Å²) < 4.78 is 0. The molecule has 0 N–H and O–H groups in total. The van der Waals surface area contributed by atoms with Crippen molar-refractivity contribution in [2.75, 3.05) is 19.0 Å². The number of carbonyl (C=O) groups is 1. The second-order valence-electron chi connectivity index (χ2n) is 20.9. The highest BCUT2D eigenvalue weighted by Crippen LogP contribution is 2.19. The van der Waals surface area contributed by atoms with Gasteiger partial charge in [0.1, 0.15) is 5.88 Å². The molecule has 0 aromatic rings. The van der Waals surface area contributed by atoms with Crippen LogP contribution in [-0.2, 0) is 4.79 Å². The van der Waals surface area contributed by atoms with Crippen molar-refractivity contribution in [3.63, 3.8) is 0 Å². The molecule has 378 valence electrons. The molecule has 0 unspecified atom stereocenters. The van der Waals surface area contributed by atoms with Crippen LogP contribution < -0.4 is 0 Å². The van der Waals surface area contributed by atoms with Gasteiger partial charge in [0, 0.05) is 13.1 Å². The van der Waals surface area contributed by atoms with Crippen molar-refractivity contribution in [2.45, 2.75) is 361 Å². The second-order valence-corrected chi connectivity index (χ2v) is 21.2. The van der Waals surface area contributed by atoms with Gasteiger partial charge in [-0.05, 0) is 12.8 Å². The van der Waals surface area contributed by atoms with Crippen molar-refractivity contribution < 1.29 is 4.79 Å². The molecule has 0 saturated heterocycles. The van der Waals surface area contributed by atoms with Gasteiger partial charge >= 0.3 is 0 Å². The third-order valence-corrected chi connectivity index (χ3v) is 14.8. The Hall–Kier alpha value is -0.240. The lowest BCUT2D eigenvalue weighted by molar-refractivity contribution is -0.128. The maximum absolute atomic E-state index is 12.5. The highest BCUT2D eigenvalue weighted by atomic mass is 35.5. The van der Waals surface area contributed by atoms with Gasteiger partial charge < -0.3 is 4.90 Å². The number of hydrogen-bond donors (Lipinski definition) is 0. The van der Waals surface area contributed by atoms with E-state index in [2.05, 4.69) is 18.7 Å². The van der Waals surface area contributed by atoms with Gasteiger partial charge in [-0.15, -0.1) is 11.6 Å². The maximum atomic E-state index is 12.5. The van der Waals surface area contributed by atoms with E-state index >= 15 is 0 Å². The van der Waals surface area contributed by atoms with Gasteiger partial charge in [0.2, 0.25) is 5.91 Å². The highest BCUT2D eigenvalue weighted by Gasteiger charge is 2.11. The second kappa shape index (κ2) is 57.9. The molecule has 1 amide bonds. The van der Waals surface area contributed by atoms with Crippen LogP contribution in [0.15, 0.2) is 0 Å². The standard InChI is InChI=1S/C60H120ClNO/c1-3-5-7-9-11-13-15-17-19-21-23-25-27-29-31-33-35-37-39-41-43-45-47-49-51-53-55-57-62(60(63)59-61)58-56-54-52-50-48-46-44-42-40-38-36-34-32-30-28-26-24-22-20-18-16-14-12-10-8-6-4-2/h3-59H2,1-2H3. The Balaban J connectivity index is 3.37. The summed E-state index contributed by atoms with van der Waals surface area (Å²) in [5.74, 6) is 0.278. The summed E-state index contributed by atoms with van der Waals surface area (Å²) in [5, 5.41) is 0. The number of halogens is 1. The first-order chi connectivity index (χ1) is 31.3. The van der Waals surface area contributed by atoms with E-state index in [1.165, 1.54) is 334 Å². The van der Waals surface area contributed by atoms with E-state index in [-0.39, 0.29) is 11.8 Å². The van der Waals surface area contributed by atoms with Crippen LogP contribution >= 0.6 is 11.6 Å². The Kier molecular flexibility index (Phi) is 57.7. The van der Waals surface area contributed by atoms with E-state index in [1.807, 2.05) is 0 Å². The molecular formula is C60H120ClNO. The highest BCUT2D eigenvalue weighted by molar-refractivity contribution is 6.27. The summed E-state index contributed by atoms with van der Waals surface area (Å²) in [4.78, 5) is 14.5. The van der Waals surface area contributed by atoms with Crippen molar-refractivity contribution in [1.82, 2.24) is 4.90 Å². The fourth-order valence-electron chi connectivity index (χ4n) is 10.0. The average molecular weight is 907 g/mol. The van der Waals surface area contributed by atoms with E-state index < -0.39 is 0 Å². The van der Waals surface area contributed by atoms with Gasteiger partial charge in [0.15, 0.2) is 0 Å². The molecule has 0 heterocycles. The first-order valence-corrected chi connectivity index (χ1v) is 30.6. The van der Waals surface area contributed by atoms with Crippen LogP contribution in [0.4, 0.5) is 0 Å². The van der Waals surface area contributed by atoms with E-state index in [0.717, 1.165) is 25.9 Å². The summed E-state index contributed by atoms with van der Waals surface area (Å²) in [6.07, 6.45) is 77.1. The van der Waals surface area contributed by atoms with Crippen LogP contribution in [0.25, 0.3) is 0 Å². The van der Waals surface area contributed by atoms with Gasteiger partial charge in [0.05, 0.1) is 0 Å². The number of carbonyl (C=O) groups excluding carboxylic acids is 1. The first kappa shape index (κ1) is 62.8. The topological polar surface area (TPSA) is 20.3 Å². The van der Waals surface area contributed by atoms with Crippen molar-refractivity contribution in [1.29, 1.82) is 0 Å². The molecule has 0 bridgehead atoms. The average Bonchev–Trinajstić information content (AvgIpc) is 3.30. The summed E-state index contributed by atoms with van der Waals surface area (Å²) in [6, 6.07) is 0. The molecule has 2 nitrogen and oxygen atoms in total. The predicted molar refractivity (Wildman–Crippen MR) is 288 cm³/mol. The molecule has 0 fully saturated rings. The van der Waals surface area contributed by atoms with E-state index in [9.17, 15) is 4.79 Å². The molecule has 0 aliphatic carbocycles. The Labute approximate surface area is 404 Å². The van der Waals surface area contributed by atoms with Crippen LogP contribution in [-0.4, -0.2) is 29.8 Å². The normalized spacial score (nSPS) is 11.6. The van der Waals surface area contributed by atoms with E-state index in [1.54, 1.807) is 0 Å².